The van der Waals surface area contributed by atoms with Crippen LogP contribution in [0.2, 0.25) is 0 Å². The van der Waals surface area contributed by atoms with E-state index in [1.807, 2.05) is 62.4 Å². The zero-order valence-electron chi connectivity index (χ0n) is 18.7. The summed E-state index contributed by atoms with van der Waals surface area (Å²) in [6.45, 7) is 4.81. The number of rotatable bonds is 9. The van der Waals surface area contributed by atoms with Crippen LogP contribution in [0.1, 0.15) is 53.2 Å². The molecule has 3 aromatic carbocycles. The first-order chi connectivity index (χ1) is 15.5. The van der Waals surface area contributed by atoms with Crippen LogP contribution in [0, 0.1) is 0 Å². The Morgan fingerprint density at radius 2 is 1.31 bits per heavy atom. The van der Waals surface area contributed by atoms with E-state index in [0.717, 1.165) is 12.0 Å². The van der Waals surface area contributed by atoms with Crippen LogP contribution >= 0.6 is 0 Å². The van der Waals surface area contributed by atoms with Gasteiger partial charge in [-0.1, -0.05) is 72.8 Å². The number of carbonyl (C=O) groups is 2. The Balaban J connectivity index is 1.53. The van der Waals surface area contributed by atoms with Gasteiger partial charge in [0.15, 0.2) is 0 Å². The first-order valence-electron chi connectivity index (χ1n) is 11.0. The Hall–Kier alpha value is -3.60. The fraction of sp³-hybridized carbons (Fsp3) is 0.259. The lowest BCUT2D eigenvalue weighted by Gasteiger charge is -2.18. The molecule has 32 heavy (non-hydrogen) atoms. The standard InChI is InChI=1S/C27H31N3O2/c1-20(2)30-27(32)29-19-21-13-15-24(16-14-21)26(31)28-18-17-25(22-9-5-3-6-10-22)23-11-7-4-8-12-23/h3-16,20,25H,17-19H2,1-2H3,(H,28,31)(H2,29,30,32). The van der Waals surface area contributed by atoms with Crippen LogP contribution in [0.3, 0.4) is 0 Å². The molecule has 3 amide bonds. The summed E-state index contributed by atoms with van der Waals surface area (Å²) in [5.41, 5.74) is 4.03. The van der Waals surface area contributed by atoms with Crippen molar-refractivity contribution in [3.63, 3.8) is 0 Å². The van der Waals surface area contributed by atoms with Gasteiger partial charge in [-0.15, -0.1) is 0 Å². The lowest BCUT2D eigenvalue weighted by Crippen LogP contribution is -2.39. The average Bonchev–Trinajstić information content (AvgIpc) is 2.81. The maximum absolute atomic E-state index is 12.6. The summed E-state index contributed by atoms with van der Waals surface area (Å²) in [5.74, 6) is 0.130. The second kappa shape index (κ2) is 11.7. The molecule has 0 heterocycles. The first kappa shape index (κ1) is 23.1. The number of benzene rings is 3. The van der Waals surface area contributed by atoms with Gasteiger partial charge in [-0.2, -0.15) is 0 Å². The van der Waals surface area contributed by atoms with E-state index in [4.69, 9.17) is 0 Å². The molecule has 3 rings (SSSR count). The minimum atomic E-state index is -0.201. The van der Waals surface area contributed by atoms with E-state index in [1.54, 1.807) is 12.1 Å². The molecule has 0 aliphatic heterocycles. The molecule has 166 valence electrons. The third kappa shape index (κ3) is 6.98. The zero-order valence-corrected chi connectivity index (χ0v) is 18.7. The van der Waals surface area contributed by atoms with Gasteiger partial charge in [0.1, 0.15) is 0 Å². The first-order valence-corrected chi connectivity index (χ1v) is 11.0. The van der Waals surface area contributed by atoms with Crippen molar-refractivity contribution in [2.45, 2.75) is 38.8 Å². The molecule has 0 aliphatic rings. The van der Waals surface area contributed by atoms with Gasteiger partial charge in [-0.3, -0.25) is 4.79 Å². The molecular formula is C27H31N3O2. The van der Waals surface area contributed by atoms with E-state index in [9.17, 15) is 9.59 Å². The van der Waals surface area contributed by atoms with Gasteiger partial charge in [-0.25, -0.2) is 4.79 Å². The maximum Gasteiger partial charge on any atom is 0.315 e. The Morgan fingerprint density at radius 3 is 1.84 bits per heavy atom. The van der Waals surface area contributed by atoms with E-state index in [-0.39, 0.29) is 23.9 Å². The molecule has 0 aromatic heterocycles. The van der Waals surface area contributed by atoms with E-state index in [1.165, 1.54) is 11.1 Å². The predicted octanol–water partition coefficient (Wildman–Crippen LogP) is 4.85. The van der Waals surface area contributed by atoms with Crippen molar-refractivity contribution in [2.75, 3.05) is 6.54 Å². The highest BCUT2D eigenvalue weighted by atomic mass is 16.2. The minimum absolute atomic E-state index is 0.0875. The number of nitrogens with one attached hydrogen (secondary N) is 3. The van der Waals surface area contributed by atoms with Crippen molar-refractivity contribution in [1.29, 1.82) is 0 Å². The minimum Gasteiger partial charge on any atom is -0.352 e. The summed E-state index contributed by atoms with van der Waals surface area (Å²) in [4.78, 5) is 24.3. The number of amides is 3. The highest BCUT2D eigenvalue weighted by Gasteiger charge is 2.14. The van der Waals surface area contributed by atoms with Crippen LogP contribution in [0.5, 0.6) is 0 Å². The highest BCUT2D eigenvalue weighted by Crippen LogP contribution is 2.27. The molecular weight excluding hydrogens is 398 g/mol. The van der Waals surface area contributed by atoms with Crippen LogP contribution in [0.4, 0.5) is 4.79 Å². The Kier molecular flexibility index (Phi) is 8.44. The number of urea groups is 1. The van der Waals surface area contributed by atoms with E-state index >= 15 is 0 Å². The summed E-state index contributed by atoms with van der Waals surface area (Å²) in [6, 6.07) is 28.0. The Morgan fingerprint density at radius 1 is 0.750 bits per heavy atom. The normalized spacial score (nSPS) is 10.8. The second-order valence-corrected chi connectivity index (χ2v) is 8.10. The summed E-state index contributed by atoms with van der Waals surface area (Å²) >= 11 is 0. The van der Waals surface area contributed by atoms with E-state index in [2.05, 4.69) is 40.2 Å². The van der Waals surface area contributed by atoms with E-state index in [0.29, 0.717) is 18.7 Å². The molecule has 0 spiro atoms. The van der Waals surface area contributed by atoms with Crippen LogP contribution in [-0.4, -0.2) is 24.5 Å². The van der Waals surface area contributed by atoms with Gasteiger partial charge in [0.25, 0.3) is 5.91 Å². The Bertz CT molecular complexity index is 947. The predicted molar refractivity (Wildman–Crippen MR) is 129 cm³/mol. The topological polar surface area (TPSA) is 70.2 Å². The molecule has 0 unspecified atom stereocenters. The van der Waals surface area contributed by atoms with Crippen molar-refractivity contribution in [1.82, 2.24) is 16.0 Å². The van der Waals surface area contributed by atoms with Crippen molar-refractivity contribution in [2.24, 2.45) is 0 Å². The average molecular weight is 430 g/mol. The van der Waals surface area contributed by atoms with Crippen molar-refractivity contribution in [3.8, 4) is 0 Å². The van der Waals surface area contributed by atoms with Crippen LogP contribution in [0.25, 0.3) is 0 Å². The van der Waals surface area contributed by atoms with Gasteiger partial charge in [0, 0.05) is 30.6 Å². The SMILES string of the molecule is CC(C)NC(=O)NCc1ccc(C(=O)NCCC(c2ccccc2)c2ccccc2)cc1. The van der Waals surface area contributed by atoms with Crippen molar-refractivity contribution >= 4 is 11.9 Å². The van der Waals surface area contributed by atoms with E-state index < -0.39 is 0 Å². The molecule has 0 fully saturated rings. The Labute approximate surface area is 190 Å². The molecule has 3 aromatic rings. The molecule has 0 atom stereocenters. The van der Waals surface area contributed by atoms with Crippen LogP contribution in [0.15, 0.2) is 84.9 Å². The second-order valence-electron chi connectivity index (χ2n) is 8.10. The van der Waals surface area contributed by atoms with Gasteiger partial charge in [0.2, 0.25) is 0 Å². The van der Waals surface area contributed by atoms with Crippen molar-refractivity contribution in [3.05, 3.63) is 107 Å². The van der Waals surface area contributed by atoms with Gasteiger partial charge < -0.3 is 16.0 Å². The number of hydrogen-bond acceptors (Lipinski definition) is 2. The molecule has 5 heteroatoms. The van der Waals surface area contributed by atoms with Gasteiger partial charge in [0.05, 0.1) is 0 Å². The fourth-order valence-electron chi connectivity index (χ4n) is 3.60. The summed E-state index contributed by atoms with van der Waals surface area (Å²) < 4.78 is 0. The lowest BCUT2D eigenvalue weighted by molar-refractivity contribution is 0.0952. The maximum atomic E-state index is 12.6. The molecule has 0 aliphatic carbocycles. The summed E-state index contributed by atoms with van der Waals surface area (Å²) in [7, 11) is 0. The number of carbonyl (C=O) groups excluding carboxylic acids is 2. The molecule has 0 radical (unpaired) electrons. The zero-order chi connectivity index (χ0) is 22.8. The number of hydrogen-bond donors (Lipinski definition) is 3. The molecule has 0 saturated carbocycles. The quantitative estimate of drug-likeness (QED) is 0.455. The largest absolute Gasteiger partial charge is 0.352 e. The molecule has 5 nitrogen and oxygen atoms in total. The molecule has 0 bridgehead atoms. The molecule has 3 N–H and O–H groups in total. The fourth-order valence-corrected chi connectivity index (χ4v) is 3.60. The van der Waals surface area contributed by atoms with Crippen molar-refractivity contribution < 1.29 is 9.59 Å². The highest BCUT2D eigenvalue weighted by molar-refractivity contribution is 5.94. The monoisotopic (exact) mass is 429 g/mol. The van der Waals surface area contributed by atoms with Gasteiger partial charge in [-0.05, 0) is 49.1 Å². The van der Waals surface area contributed by atoms with Crippen LogP contribution < -0.4 is 16.0 Å². The smallest absolute Gasteiger partial charge is 0.315 e. The van der Waals surface area contributed by atoms with Crippen LogP contribution in [-0.2, 0) is 6.54 Å². The summed E-state index contributed by atoms with van der Waals surface area (Å²) in [6.07, 6.45) is 0.812. The summed E-state index contributed by atoms with van der Waals surface area (Å²) in [5, 5.41) is 8.63. The lowest BCUT2D eigenvalue weighted by atomic mass is 9.88. The molecule has 0 saturated heterocycles. The third-order valence-corrected chi connectivity index (χ3v) is 5.21. The third-order valence-electron chi connectivity index (χ3n) is 5.21. The van der Waals surface area contributed by atoms with Gasteiger partial charge >= 0.3 is 6.03 Å².